The number of rotatable bonds is 5. The first-order valence-corrected chi connectivity index (χ1v) is 8.76. The van der Waals surface area contributed by atoms with Crippen LogP contribution in [0.15, 0.2) is 28.1 Å². The molecular formula is C17H18N2O6S. The maximum atomic E-state index is 12.2. The monoisotopic (exact) mass is 378 g/mol. The van der Waals surface area contributed by atoms with Crippen LogP contribution >= 0.6 is 11.8 Å². The van der Waals surface area contributed by atoms with Crippen molar-refractivity contribution in [2.45, 2.75) is 0 Å². The smallest absolute Gasteiger partial charge is 0.341 e. The number of benzene rings is 1. The molecule has 0 unspecified atom stereocenters. The van der Waals surface area contributed by atoms with Crippen LogP contribution in [-0.4, -0.2) is 67.1 Å². The SMILES string of the molecule is COc1cc(C=C2SC(N3CCOCC3)=NC2=O)ccc1OCC(=O)O. The minimum Gasteiger partial charge on any atom is -0.493 e. The Balaban J connectivity index is 1.73. The average Bonchev–Trinajstić information content (AvgIpc) is 3.01. The Bertz CT molecular complexity index is 771. The van der Waals surface area contributed by atoms with E-state index in [1.165, 1.54) is 18.9 Å². The second-order valence-electron chi connectivity index (χ2n) is 5.50. The third-order valence-corrected chi connectivity index (χ3v) is 4.77. The number of aliphatic imine (C=N–C) groups is 1. The molecule has 2 aliphatic rings. The van der Waals surface area contributed by atoms with E-state index in [1.54, 1.807) is 24.3 Å². The lowest BCUT2D eigenvalue weighted by Crippen LogP contribution is -2.38. The molecule has 9 heteroatoms. The average molecular weight is 378 g/mol. The molecule has 2 heterocycles. The van der Waals surface area contributed by atoms with Crippen molar-refractivity contribution in [2.75, 3.05) is 40.0 Å². The van der Waals surface area contributed by atoms with Crippen molar-refractivity contribution < 1.29 is 28.9 Å². The number of aliphatic carboxylic acids is 1. The van der Waals surface area contributed by atoms with Gasteiger partial charge in [0.2, 0.25) is 0 Å². The molecule has 0 bridgehead atoms. The number of hydrogen-bond acceptors (Lipinski definition) is 7. The van der Waals surface area contributed by atoms with Gasteiger partial charge in [0.25, 0.3) is 5.91 Å². The minimum absolute atomic E-state index is 0.276. The molecule has 2 aliphatic heterocycles. The predicted octanol–water partition coefficient (Wildman–Crippen LogP) is 1.46. The van der Waals surface area contributed by atoms with Crippen LogP contribution in [0.25, 0.3) is 6.08 Å². The van der Waals surface area contributed by atoms with E-state index in [1.807, 2.05) is 4.90 Å². The Morgan fingerprint density at radius 1 is 1.38 bits per heavy atom. The molecule has 26 heavy (non-hydrogen) atoms. The molecule has 0 aliphatic carbocycles. The highest BCUT2D eigenvalue weighted by Crippen LogP contribution is 2.33. The van der Waals surface area contributed by atoms with Gasteiger partial charge in [-0.15, -0.1) is 0 Å². The van der Waals surface area contributed by atoms with Crippen LogP contribution < -0.4 is 9.47 Å². The summed E-state index contributed by atoms with van der Waals surface area (Å²) in [6, 6.07) is 5.03. The van der Waals surface area contributed by atoms with Gasteiger partial charge in [-0.25, -0.2) is 4.79 Å². The number of nitrogens with zero attached hydrogens (tertiary/aromatic N) is 2. The third-order valence-electron chi connectivity index (χ3n) is 3.73. The summed E-state index contributed by atoms with van der Waals surface area (Å²) in [4.78, 5) is 29.5. The number of carbonyl (C=O) groups is 2. The standard InChI is InChI=1S/C17H18N2O6S/c1-23-13-8-11(2-3-12(13)25-10-15(20)21)9-14-16(22)18-17(26-14)19-4-6-24-7-5-19/h2-3,8-9H,4-7,10H2,1H3,(H,20,21). The number of carboxylic acid groups (broad SMARTS) is 1. The second kappa shape index (κ2) is 8.24. The molecule has 0 atom stereocenters. The molecular weight excluding hydrogens is 360 g/mol. The summed E-state index contributed by atoms with van der Waals surface area (Å²) < 4.78 is 15.7. The Morgan fingerprint density at radius 2 is 2.15 bits per heavy atom. The summed E-state index contributed by atoms with van der Waals surface area (Å²) >= 11 is 1.33. The molecule has 1 N–H and O–H groups in total. The lowest BCUT2D eigenvalue weighted by atomic mass is 10.2. The predicted molar refractivity (Wildman–Crippen MR) is 96.5 cm³/mol. The third kappa shape index (κ3) is 4.36. The van der Waals surface area contributed by atoms with E-state index < -0.39 is 12.6 Å². The summed E-state index contributed by atoms with van der Waals surface area (Å²) in [6.45, 7) is 2.23. The van der Waals surface area contributed by atoms with Gasteiger partial charge in [0.05, 0.1) is 25.2 Å². The highest BCUT2D eigenvalue weighted by molar-refractivity contribution is 8.18. The minimum atomic E-state index is -1.07. The van der Waals surface area contributed by atoms with Gasteiger partial charge in [0, 0.05) is 13.1 Å². The van der Waals surface area contributed by atoms with Gasteiger partial charge in [-0.2, -0.15) is 4.99 Å². The number of amides is 1. The van der Waals surface area contributed by atoms with Crippen molar-refractivity contribution in [1.29, 1.82) is 0 Å². The Hall–Kier alpha value is -2.52. The number of carbonyl (C=O) groups excluding carboxylic acids is 1. The van der Waals surface area contributed by atoms with Crippen LogP contribution in [0.1, 0.15) is 5.56 Å². The first-order valence-electron chi connectivity index (χ1n) is 7.94. The number of methoxy groups -OCH3 is 1. The quantitative estimate of drug-likeness (QED) is 0.769. The highest BCUT2D eigenvalue weighted by Gasteiger charge is 2.27. The topological polar surface area (TPSA) is 97.7 Å². The Morgan fingerprint density at radius 3 is 2.85 bits per heavy atom. The number of morpholine rings is 1. The summed E-state index contributed by atoms with van der Waals surface area (Å²) in [7, 11) is 1.47. The van der Waals surface area contributed by atoms with Crippen LogP contribution in [0.2, 0.25) is 0 Å². The van der Waals surface area contributed by atoms with Gasteiger partial charge in [-0.3, -0.25) is 4.79 Å². The largest absolute Gasteiger partial charge is 0.493 e. The van der Waals surface area contributed by atoms with Gasteiger partial charge in [-0.05, 0) is 35.5 Å². The summed E-state index contributed by atoms with van der Waals surface area (Å²) in [5.74, 6) is -0.626. The van der Waals surface area contributed by atoms with Crippen LogP contribution in [0.3, 0.4) is 0 Å². The fourth-order valence-electron chi connectivity index (χ4n) is 2.47. The number of thioether (sulfide) groups is 1. The van der Waals surface area contributed by atoms with E-state index in [2.05, 4.69) is 4.99 Å². The normalized spacial score (nSPS) is 18.8. The molecule has 0 radical (unpaired) electrons. The summed E-state index contributed by atoms with van der Waals surface area (Å²) in [5.41, 5.74) is 0.735. The molecule has 138 valence electrons. The molecule has 0 aromatic heterocycles. The fourth-order valence-corrected chi connectivity index (χ4v) is 3.44. The van der Waals surface area contributed by atoms with Gasteiger partial charge in [-0.1, -0.05) is 6.07 Å². The van der Waals surface area contributed by atoms with Crippen molar-refractivity contribution in [1.82, 2.24) is 4.90 Å². The first-order chi connectivity index (χ1) is 12.6. The maximum Gasteiger partial charge on any atom is 0.341 e. The van der Waals surface area contributed by atoms with Gasteiger partial charge in [0.15, 0.2) is 23.3 Å². The molecule has 1 aromatic carbocycles. The van der Waals surface area contributed by atoms with Crippen molar-refractivity contribution in [3.05, 3.63) is 28.7 Å². The number of hydrogen-bond donors (Lipinski definition) is 1. The van der Waals surface area contributed by atoms with E-state index >= 15 is 0 Å². The second-order valence-corrected chi connectivity index (χ2v) is 6.51. The van der Waals surface area contributed by atoms with E-state index in [0.29, 0.717) is 34.8 Å². The van der Waals surface area contributed by atoms with E-state index in [0.717, 1.165) is 18.7 Å². The van der Waals surface area contributed by atoms with Crippen molar-refractivity contribution in [3.8, 4) is 11.5 Å². The van der Waals surface area contributed by atoms with Crippen LogP contribution in [0.4, 0.5) is 0 Å². The fraction of sp³-hybridized carbons (Fsp3) is 0.353. The highest BCUT2D eigenvalue weighted by atomic mass is 32.2. The molecule has 0 spiro atoms. The number of amidine groups is 1. The Kier molecular flexibility index (Phi) is 5.79. The van der Waals surface area contributed by atoms with Gasteiger partial charge < -0.3 is 24.2 Å². The van der Waals surface area contributed by atoms with Crippen LogP contribution in [-0.2, 0) is 14.3 Å². The van der Waals surface area contributed by atoms with Crippen molar-refractivity contribution >= 4 is 34.9 Å². The van der Waals surface area contributed by atoms with Crippen LogP contribution in [0, 0.1) is 0 Å². The van der Waals surface area contributed by atoms with Gasteiger partial charge in [0.1, 0.15) is 0 Å². The molecule has 1 amide bonds. The molecule has 0 saturated carbocycles. The van der Waals surface area contributed by atoms with E-state index in [-0.39, 0.29) is 5.91 Å². The zero-order valence-electron chi connectivity index (χ0n) is 14.1. The maximum absolute atomic E-state index is 12.2. The van der Waals surface area contributed by atoms with E-state index in [4.69, 9.17) is 19.3 Å². The molecule has 1 fully saturated rings. The van der Waals surface area contributed by atoms with Gasteiger partial charge >= 0.3 is 5.97 Å². The van der Waals surface area contributed by atoms with Crippen LogP contribution in [0.5, 0.6) is 11.5 Å². The van der Waals surface area contributed by atoms with Crippen molar-refractivity contribution in [2.24, 2.45) is 4.99 Å². The summed E-state index contributed by atoms with van der Waals surface area (Å²) in [6.07, 6.45) is 1.73. The Labute approximate surface area is 154 Å². The number of carboxylic acids is 1. The zero-order chi connectivity index (χ0) is 18.5. The van der Waals surface area contributed by atoms with E-state index in [9.17, 15) is 9.59 Å². The molecule has 3 rings (SSSR count). The lowest BCUT2D eigenvalue weighted by molar-refractivity contribution is -0.139. The molecule has 1 aromatic rings. The number of ether oxygens (including phenoxy) is 3. The summed E-state index contributed by atoms with van der Waals surface area (Å²) in [5, 5.41) is 9.40. The zero-order valence-corrected chi connectivity index (χ0v) is 15.0. The molecule has 1 saturated heterocycles. The molecule has 8 nitrogen and oxygen atoms in total. The first kappa shape index (κ1) is 18.3. The van der Waals surface area contributed by atoms with Crippen molar-refractivity contribution in [3.63, 3.8) is 0 Å². The lowest BCUT2D eigenvalue weighted by Gasteiger charge is -2.27.